The van der Waals surface area contributed by atoms with Gasteiger partial charge in [0, 0.05) is 14.1 Å². The van der Waals surface area contributed by atoms with Crippen LogP contribution in [0.2, 0.25) is 0 Å². The van der Waals surface area contributed by atoms with Gasteiger partial charge in [-0.05, 0) is 24.4 Å². The van der Waals surface area contributed by atoms with Crippen molar-refractivity contribution in [3.05, 3.63) is 24.3 Å². The molecule has 8 heteroatoms. The van der Waals surface area contributed by atoms with Crippen LogP contribution in [0.1, 0.15) is 0 Å². The predicted octanol–water partition coefficient (Wildman–Crippen LogP) is 1.36. The van der Waals surface area contributed by atoms with Gasteiger partial charge in [-0.25, -0.2) is 4.79 Å². The summed E-state index contributed by atoms with van der Waals surface area (Å²) >= 11 is 5.01. The maximum atomic E-state index is 11.1. The van der Waals surface area contributed by atoms with Gasteiger partial charge in [0.15, 0.2) is 11.1 Å². The molecule has 0 aliphatic rings. The van der Waals surface area contributed by atoms with Crippen molar-refractivity contribution in [3.8, 4) is 0 Å². The Bertz CT molecular complexity index is 518. The Hall–Kier alpha value is -2.35. The summed E-state index contributed by atoms with van der Waals surface area (Å²) in [6, 6.07) is 7.38. The van der Waals surface area contributed by atoms with Crippen LogP contribution in [0, 0.1) is 0 Å². The van der Waals surface area contributed by atoms with Crippen molar-refractivity contribution in [3.63, 3.8) is 0 Å². The first kappa shape index (κ1) is 15.7. The topological polar surface area (TPSA) is 86.8 Å². The van der Waals surface area contributed by atoms with Crippen molar-refractivity contribution < 1.29 is 9.53 Å². The fraction of sp³-hybridized carbons (Fsp3) is 0.250. The summed E-state index contributed by atoms with van der Waals surface area (Å²) in [4.78, 5) is 15.1. The molecule has 0 saturated carbocycles. The quantitative estimate of drug-likeness (QED) is 0.374. The number of hydrogen-bond acceptors (Lipinski definition) is 4. The smallest absolute Gasteiger partial charge is 0.413 e. The molecule has 20 heavy (non-hydrogen) atoms. The van der Waals surface area contributed by atoms with Gasteiger partial charge in [-0.15, -0.1) is 0 Å². The molecular formula is C12H17N5O2S. The van der Waals surface area contributed by atoms with E-state index in [-0.39, 0.29) is 5.11 Å². The first-order valence-corrected chi connectivity index (χ1v) is 6.18. The van der Waals surface area contributed by atoms with E-state index in [1.807, 2.05) is 24.3 Å². The van der Waals surface area contributed by atoms with Crippen LogP contribution >= 0.6 is 12.2 Å². The van der Waals surface area contributed by atoms with E-state index in [9.17, 15) is 4.79 Å². The van der Waals surface area contributed by atoms with Gasteiger partial charge >= 0.3 is 6.09 Å². The normalized spacial score (nSPS) is 10.4. The number of thiocarbonyl (C=S) groups is 1. The minimum Gasteiger partial charge on any atom is -0.453 e. The van der Waals surface area contributed by atoms with E-state index in [2.05, 4.69) is 31.0 Å². The van der Waals surface area contributed by atoms with Gasteiger partial charge in [0.2, 0.25) is 0 Å². The first-order chi connectivity index (χ1) is 9.60. The number of carbonyl (C=O) groups is 1. The van der Waals surface area contributed by atoms with E-state index in [4.69, 9.17) is 12.2 Å². The minimum atomic E-state index is -0.626. The Morgan fingerprint density at radius 2 is 1.85 bits per heavy atom. The second-order valence-electron chi connectivity index (χ2n) is 3.56. The average molecular weight is 295 g/mol. The van der Waals surface area contributed by atoms with Crippen LogP contribution in [0.3, 0.4) is 0 Å². The Kier molecular flexibility index (Phi) is 6.24. The summed E-state index contributed by atoms with van der Waals surface area (Å²) in [6.07, 6.45) is -0.626. The third kappa shape index (κ3) is 4.73. The van der Waals surface area contributed by atoms with E-state index in [0.717, 1.165) is 5.69 Å². The standard InChI is InChI=1S/C12H17N5O2S/c1-13-10(14-2)15-8-6-4-5-7-9(8)16-11(20)17-12(18)19-3/h4-7H,1-3H3,(H2,13,14,15)(H2,16,17,18,20). The molecule has 0 atom stereocenters. The van der Waals surface area contributed by atoms with E-state index >= 15 is 0 Å². The van der Waals surface area contributed by atoms with Gasteiger partial charge in [0.05, 0.1) is 18.5 Å². The minimum absolute atomic E-state index is 0.144. The third-order valence-electron chi connectivity index (χ3n) is 2.29. The molecule has 0 saturated heterocycles. The first-order valence-electron chi connectivity index (χ1n) is 5.77. The fourth-order valence-electron chi connectivity index (χ4n) is 1.36. The molecule has 0 aliphatic heterocycles. The lowest BCUT2D eigenvalue weighted by molar-refractivity contribution is 0.177. The van der Waals surface area contributed by atoms with Crippen LogP contribution in [0.4, 0.5) is 16.2 Å². The molecule has 7 nitrogen and oxygen atoms in total. The van der Waals surface area contributed by atoms with Crippen LogP contribution in [0.15, 0.2) is 29.3 Å². The van der Waals surface area contributed by atoms with Crippen molar-refractivity contribution in [1.29, 1.82) is 0 Å². The van der Waals surface area contributed by atoms with E-state index in [1.165, 1.54) is 7.11 Å². The molecule has 0 spiro atoms. The SMILES string of the molecule is C/N=C(/NC)Nc1ccccc1NC(=S)NC(=O)OC. The number of nitrogens with one attached hydrogen (secondary N) is 4. The largest absolute Gasteiger partial charge is 0.453 e. The summed E-state index contributed by atoms with van der Waals surface area (Å²) in [6.45, 7) is 0. The molecule has 1 amide bonds. The molecule has 4 N–H and O–H groups in total. The maximum absolute atomic E-state index is 11.1. The van der Waals surface area contributed by atoms with Gasteiger partial charge in [-0.3, -0.25) is 10.3 Å². The summed E-state index contributed by atoms with van der Waals surface area (Å²) in [5, 5.41) is 11.4. The highest BCUT2D eigenvalue weighted by Crippen LogP contribution is 2.20. The number of hydrogen-bond donors (Lipinski definition) is 4. The van der Waals surface area contributed by atoms with Crippen LogP contribution < -0.4 is 21.3 Å². The number of alkyl carbamates (subject to hydrolysis) is 1. The number of carbonyl (C=O) groups excluding carboxylic acids is 1. The number of benzene rings is 1. The number of ether oxygens (including phenoxy) is 1. The lowest BCUT2D eigenvalue weighted by Gasteiger charge is -2.15. The molecule has 1 aromatic carbocycles. The fourth-order valence-corrected chi connectivity index (χ4v) is 1.55. The van der Waals surface area contributed by atoms with Crippen LogP contribution in [-0.4, -0.2) is 38.4 Å². The zero-order chi connectivity index (χ0) is 15.0. The predicted molar refractivity (Wildman–Crippen MR) is 84.2 cm³/mol. The molecule has 0 bridgehead atoms. The monoisotopic (exact) mass is 295 g/mol. The number of para-hydroxylation sites is 2. The van der Waals surface area contributed by atoms with E-state index < -0.39 is 6.09 Å². The Labute approximate surface area is 122 Å². The molecular weight excluding hydrogens is 278 g/mol. The maximum Gasteiger partial charge on any atom is 0.413 e. The lowest BCUT2D eigenvalue weighted by Crippen LogP contribution is -2.34. The van der Waals surface area contributed by atoms with Crippen LogP contribution in [-0.2, 0) is 4.74 Å². The highest BCUT2D eigenvalue weighted by Gasteiger charge is 2.07. The van der Waals surface area contributed by atoms with Crippen molar-refractivity contribution in [2.45, 2.75) is 0 Å². The Morgan fingerprint density at radius 3 is 2.35 bits per heavy atom. The number of aliphatic imine (C=N–C) groups is 1. The highest BCUT2D eigenvalue weighted by atomic mass is 32.1. The van der Waals surface area contributed by atoms with Crippen LogP contribution in [0.25, 0.3) is 0 Å². The molecule has 0 unspecified atom stereocenters. The van der Waals surface area contributed by atoms with Gasteiger partial charge in [-0.2, -0.15) is 0 Å². The summed E-state index contributed by atoms with van der Waals surface area (Å²) in [5.41, 5.74) is 1.46. The number of rotatable bonds is 2. The summed E-state index contributed by atoms with van der Waals surface area (Å²) in [7, 11) is 4.69. The Balaban J connectivity index is 2.80. The average Bonchev–Trinajstić information content (AvgIpc) is 2.46. The van der Waals surface area contributed by atoms with Gasteiger partial charge in [-0.1, -0.05) is 12.1 Å². The second-order valence-corrected chi connectivity index (χ2v) is 3.97. The van der Waals surface area contributed by atoms with Gasteiger partial charge in [0.25, 0.3) is 0 Å². The number of amides is 1. The summed E-state index contributed by atoms with van der Waals surface area (Å²) in [5.74, 6) is 0.603. The van der Waals surface area contributed by atoms with Gasteiger partial charge in [0.1, 0.15) is 0 Å². The third-order valence-corrected chi connectivity index (χ3v) is 2.49. The molecule has 1 rings (SSSR count). The van der Waals surface area contributed by atoms with Crippen molar-refractivity contribution in [2.24, 2.45) is 4.99 Å². The van der Waals surface area contributed by atoms with Crippen molar-refractivity contribution in [2.75, 3.05) is 31.8 Å². The molecule has 0 heterocycles. The Morgan fingerprint density at radius 1 is 1.25 bits per heavy atom. The number of nitrogens with zero attached hydrogens (tertiary/aromatic N) is 1. The molecule has 108 valence electrons. The molecule has 1 aromatic rings. The lowest BCUT2D eigenvalue weighted by atomic mass is 10.2. The number of methoxy groups -OCH3 is 1. The van der Waals surface area contributed by atoms with Crippen LogP contribution in [0.5, 0.6) is 0 Å². The molecule has 0 radical (unpaired) electrons. The summed E-state index contributed by atoms with van der Waals surface area (Å²) < 4.78 is 4.47. The number of guanidine groups is 1. The number of anilines is 2. The molecule has 0 aromatic heterocycles. The van der Waals surface area contributed by atoms with Gasteiger partial charge < -0.3 is 20.7 Å². The highest BCUT2D eigenvalue weighted by molar-refractivity contribution is 7.80. The molecule has 0 fully saturated rings. The second kappa shape index (κ2) is 7.95. The van der Waals surface area contributed by atoms with E-state index in [0.29, 0.717) is 11.6 Å². The van der Waals surface area contributed by atoms with E-state index in [1.54, 1.807) is 14.1 Å². The van der Waals surface area contributed by atoms with Crippen molar-refractivity contribution in [1.82, 2.24) is 10.6 Å². The van der Waals surface area contributed by atoms with Crippen molar-refractivity contribution >= 4 is 40.8 Å². The molecule has 0 aliphatic carbocycles. The zero-order valence-corrected chi connectivity index (χ0v) is 12.3. The zero-order valence-electron chi connectivity index (χ0n) is 11.5.